The van der Waals surface area contributed by atoms with Crippen molar-refractivity contribution in [3.8, 4) is 6.07 Å². The number of nitrogens with zero attached hydrogens (tertiary/aromatic N) is 2. The smallest absolute Gasteiger partial charge is 0.144 e. The summed E-state index contributed by atoms with van der Waals surface area (Å²) in [5, 5.41) is 23.2. The molecule has 1 heterocycles. The molecular weight excluding hydrogens is 238 g/mol. The third kappa shape index (κ3) is 3.01. The van der Waals surface area contributed by atoms with Crippen molar-refractivity contribution < 1.29 is 5.11 Å². The summed E-state index contributed by atoms with van der Waals surface area (Å²) in [5.74, 6) is 0.523. The standard InChI is InChI=1S/C15H17N3O/c1-3-15(2,19)10-17-14-12(9-16)8-11-6-4-5-7-13(11)18-14/h4-8,19H,3,10H2,1-2H3,(H,17,18). The van der Waals surface area contributed by atoms with Gasteiger partial charge in [-0.3, -0.25) is 0 Å². The first kappa shape index (κ1) is 13.3. The molecule has 0 saturated heterocycles. The fourth-order valence-electron chi connectivity index (χ4n) is 1.74. The van der Waals surface area contributed by atoms with Gasteiger partial charge in [0.15, 0.2) is 0 Å². The predicted octanol–water partition coefficient (Wildman–Crippen LogP) is 2.68. The maximum absolute atomic E-state index is 9.99. The fraction of sp³-hybridized carbons (Fsp3) is 0.333. The van der Waals surface area contributed by atoms with Crippen molar-refractivity contribution in [1.82, 2.24) is 4.98 Å². The van der Waals surface area contributed by atoms with Gasteiger partial charge in [0.1, 0.15) is 11.9 Å². The number of rotatable bonds is 4. The summed E-state index contributed by atoms with van der Waals surface area (Å²) < 4.78 is 0. The first-order chi connectivity index (χ1) is 9.05. The van der Waals surface area contributed by atoms with Gasteiger partial charge in [-0.1, -0.05) is 25.1 Å². The molecule has 0 saturated carbocycles. The number of pyridine rings is 1. The van der Waals surface area contributed by atoms with Gasteiger partial charge >= 0.3 is 0 Å². The van der Waals surface area contributed by atoms with E-state index in [-0.39, 0.29) is 0 Å². The topological polar surface area (TPSA) is 68.9 Å². The summed E-state index contributed by atoms with van der Waals surface area (Å²) in [7, 11) is 0. The average Bonchev–Trinajstić information content (AvgIpc) is 2.44. The molecule has 2 rings (SSSR count). The summed E-state index contributed by atoms with van der Waals surface area (Å²) in [6, 6.07) is 11.6. The number of fused-ring (bicyclic) bond motifs is 1. The molecule has 1 atom stereocenters. The van der Waals surface area contributed by atoms with Crippen molar-refractivity contribution in [1.29, 1.82) is 5.26 Å². The molecule has 4 heteroatoms. The number of hydrogen-bond donors (Lipinski definition) is 2. The van der Waals surface area contributed by atoms with Crippen LogP contribution < -0.4 is 5.32 Å². The highest BCUT2D eigenvalue weighted by atomic mass is 16.3. The van der Waals surface area contributed by atoms with E-state index >= 15 is 0 Å². The van der Waals surface area contributed by atoms with E-state index in [2.05, 4.69) is 16.4 Å². The van der Waals surface area contributed by atoms with Crippen molar-refractivity contribution >= 4 is 16.7 Å². The van der Waals surface area contributed by atoms with Gasteiger partial charge in [-0.05, 0) is 25.5 Å². The second-order valence-electron chi connectivity index (χ2n) is 4.89. The molecule has 0 spiro atoms. The number of benzene rings is 1. The van der Waals surface area contributed by atoms with Crippen molar-refractivity contribution in [2.75, 3.05) is 11.9 Å². The molecular formula is C15H17N3O. The zero-order valence-corrected chi connectivity index (χ0v) is 11.1. The van der Waals surface area contributed by atoms with Crippen LogP contribution >= 0.6 is 0 Å². The molecule has 19 heavy (non-hydrogen) atoms. The highest BCUT2D eigenvalue weighted by Gasteiger charge is 2.18. The first-order valence-corrected chi connectivity index (χ1v) is 6.32. The number of hydrogen-bond acceptors (Lipinski definition) is 4. The Labute approximate surface area is 112 Å². The Balaban J connectivity index is 2.34. The van der Waals surface area contributed by atoms with Crippen molar-refractivity contribution in [3.05, 3.63) is 35.9 Å². The molecule has 2 aromatic rings. The molecule has 4 nitrogen and oxygen atoms in total. The summed E-state index contributed by atoms with van der Waals surface area (Å²) in [5.41, 5.74) is 0.519. The van der Waals surface area contributed by atoms with Gasteiger partial charge in [0, 0.05) is 11.9 Å². The molecule has 2 N–H and O–H groups in total. The minimum atomic E-state index is -0.806. The molecule has 0 aliphatic heterocycles. The fourth-order valence-corrected chi connectivity index (χ4v) is 1.74. The Hall–Kier alpha value is -2.12. The van der Waals surface area contributed by atoms with Crippen LogP contribution in [0.5, 0.6) is 0 Å². The van der Waals surface area contributed by atoms with Crippen LogP contribution in [0.15, 0.2) is 30.3 Å². The zero-order chi connectivity index (χ0) is 13.9. The summed E-state index contributed by atoms with van der Waals surface area (Å²) in [6.45, 7) is 4.04. The Morgan fingerprint density at radius 3 is 2.84 bits per heavy atom. The van der Waals surface area contributed by atoms with E-state index in [1.54, 1.807) is 6.92 Å². The largest absolute Gasteiger partial charge is 0.388 e. The van der Waals surface area contributed by atoms with Crippen LogP contribution in [-0.4, -0.2) is 22.2 Å². The molecule has 1 aromatic heterocycles. The van der Waals surface area contributed by atoms with Gasteiger partial charge in [0.25, 0.3) is 0 Å². The molecule has 98 valence electrons. The normalized spacial score (nSPS) is 13.8. The van der Waals surface area contributed by atoms with Gasteiger partial charge in [-0.25, -0.2) is 4.98 Å². The number of para-hydroxylation sites is 1. The van der Waals surface area contributed by atoms with Gasteiger partial charge in [0.05, 0.1) is 16.7 Å². The maximum atomic E-state index is 9.99. The predicted molar refractivity (Wildman–Crippen MR) is 75.9 cm³/mol. The zero-order valence-electron chi connectivity index (χ0n) is 11.1. The minimum absolute atomic E-state index is 0.365. The summed E-state index contributed by atoms with van der Waals surface area (Å²) >= 11 is 0. The molecule has 0 radical (unpaired) electrons. The Bertz CT molecular complexity index is 629. The molecule has 1 aromatic carbocycles. The number of aromatic nitrogens is 1. The molecule has 0 aliphatic carbocycles. The quantitative estimate of drug-likeness (QED) is 0.881. The lowest BCUT2D eigenvalue weighted by molar-refractivity contribution is 0.0696. The van der Waals surface area contributed by atoms with E-state index in [0.29, 0.717) is 24.3 Å². The van der Waals surface area contributed by atoms with Crippen LogP contribution in [0.3, 0.4) is 0 Å². The van der Waals surface area contributed by atoms with Crippen LogP contribution in [0.4, 0.5) is 5.82 Å². The summed E-state index contributed by atoms with van der Waals surface area (Å²) in [6.07, 6.45) is 0.634. The lowest BCUT2D eigenvalue weighted by Crippen LogP contribution is -2.32. The maximum Gasteiger partial charge on any atom is 0.144 e. The Morgan fingerprint density at radius 2 is 2.16 bits per heavy atom. The van der Waals surface area contributed by atoms with Crippen LogP contribution in [0.2, 0.25) is 0 Å². The van der Waals surface area contributed by atoms with E-state index in [1.165, 1.54) is 0 Å². The number of nitriles is 1. The lowest BCUT2D eigenvalue weighted by atomic mass is 10.0. The van der Waals surface area contributed by atoms with Gasteiger partial charge in [-0.2, -0.15) is 5.26 Å². The highest BCUT2D eigenvalue weighted by molar-refractivity contribution is 5.82. The third-order valence-electron chi connectivity index (χ3n) is 3.24. The lowest BCUT2D eigenvalue weighted by Gasteiger charge is -2.22. The average molecular weight is 255 g/mol. The highest BCUT2D eigenvalue weighted by Crippen LogP contribution is 2.20. The first-order valence-electron chi connectivity index (χ1n) is 6.32. The van der Waals surface area contributed by atoms with E-state index in [1.807, 2.05) is 37.3 Å². The Kier molecular flexibility index (Phi) is 3.68. The molecule has 0 fully saturated rings. The minimum Gasteiger partial charge on any atom is -0.388 e. The van der Waals surface area contributed by atoms with Crippen molar-refractivity contribution in [3.63, 3.8) is 0 Å². The summed E-state index contributed by atoms with van der Waals surface area (Å²) in [4.78, 5) is 4.44. The van der Waals surface area contributed by atoms with E-state index in [9.17, 15) is 10.4 Å². The van der Waals surface area contributed by atoms with Gasteiger partial charge in [0.2, 0.25) is 0 Å². The number of nitrogens with one attached hydrogen (secondary N) is 1. The van der Waals surface area contributed by atoms with Crippen LogP contribution in [0.25, 0.3) is 10.9 Å². The second kappa shape index (κ2) is 5.25. The molecule has 0 bridgehead atoms. The van der Waals surface area contributed by atoms with E-state index in [0.717, 1.165) is 10.9 Å². The Morgan fingerprint density at radius 1 is 1.42 bits per heavy atom. The van der Waals surface area contributed by atoms with Gasteiger partial charge in [-0.15, -0.1) is 0 Å². The van der Waals surface area contributed by atoms with Crippen LogP contribution in [0.1, 0.15) is 25.8 Å². The molecule has 1 unspecified atom stereocenters. The number of anilines is 1. The monoisotopic (exact) mass is 255 g/mol. The van der Waals surface area contributed by atoms with E-state index in [4.69, 9.17) is 0 Å². The number of aliphatic hydroxyl groups is 1. The third-order valence-corrected chi connectivity index (χ3v) is 3.24. The van der Waals surface area contributed by atoms with Crippen LogP contribution in [-0.2, 0) is 0 Å². The van der Waals surface area contributed by atoms with E-state index < -0.39 is 5.60 Å². The second-order valence-corrected chi connectivity index (χ2v) is 4.89. The van der Waals surface area contributed by atoms with Crippen molar-refractivity contribution in [2.45, 2.75) is 25.9 Å². The SMILES string of the molecule is CCC(C)(O)CNc1nc2ccccc2cc1C#N. The molecule has 0 amide bonds. The van der Waals surface area contributed by atoms with Gasteiger partial charge < -0.3 is 10.4 Å². The van der Waals surface area contributed by atoms with Crippen molar-refractivity contribution in [2.24, 2.45) is 0 Å². The van der Waals surface area contributed by atoms with Crippen LogP contribution in [0, 0.1) is 11.3 Å². The molecule has 0 aliphatic rings.